The maximum atomic E-state index is 13.5. The van der Waals surface area contributed by atoms with Crippen LogP contribution in [0, 0.1) is 0 Å². The molecule has 3 aromatic rings. The lowest BCUT2D eigenvalue weighted by atomic mass is 10.1. The van der Waals surface area contributed by atoms with Crippen molar-refractivity contribution in [1.29, 1.82) is 0 Å². The highest BCUT2D eigenvalue weighted by Gasteiger charge is 2.41. The summed E-state index contributed by atoms with van der Waals surface area (Å²) < 4.78 is 38.8. The van der Waals surface area contributed by atoms with E-state index in [0.29, 0.717) is 36.9 Å². The number of nitrogens with one attached hydrogen (secondary N) is 2. The molecule has 0 aromatic carbocycles. The Balaban J connectivity index is 1.25. The van der Waals surface area contributed by atoms with Gasteiger partial charge in [0.15, 0.2) is 5.82 Å². The predicted octanol–water partition coefficient (Wildman–Crippen LogP) is 4.79. The highest BCUT2D eigenvalue weighted by atomic mass is 32.1. The Morgan fingerprint density at radius 2 is 1.97 bits per heavy atom. The van der Waals surface area contributed by atoms with Crippen LogP contribution >= 0.6 is 11.3 Å². The lowest BCUT2D eigenvalue weighted by Gasteiger charge is -2.35. The number of thiazole rings is 1. The molecular formula is C25H24F3N7O2S. The van der Waals surface area contributed by atoms with E-state index in [4.69, 9.17) is 0 Å². The van der Waals surface area contributed by atoms with Gasteiger partial charge in [-0.05, 0) is 56.0 Å². The number of hydrogen-bond donors (Lipinski definition) is 2. The van der Waals surface area contributed by atoms with Crippen molar-refractivity contribution >= 4 is 40.6 Å². The van der Waals surface area contributed by atoms with E-state index in [2.05, 4.69) is 25.2 Å². The zero-order valence-corrected chi connectivity index (χ0v) is 21.1. The van der Waals surface area contributed by atoms with Gasteiger partial charge in [-0.1, -0.05) is 0 Å². The third-order valence-corrected chi connectivity index (χ3v) is 8.18. The minimum absolute atomic E-state index is 0.197. The Bertz CT molecular complexity index is 1410. The van der Waals surface area contributed by atoms with E-state index in [1.807, 2.05) is 17.6 Å². The fraction of sp³-hybridized carbons (Fsp3) is 0.400. The van der Waals surface area contributed by atoms with E-state index in [-0.39, 0.29) is 17.6 Å². The van der Waals surface area contributed by atoms with Crippen molar-refractivity contribution in [3.05, 3.63) is 47.4 Å². The van der Waals surface area contributed by atoms with Gasteiger partial charge in [-0.25, -0.2) is 19.7 Å². The average molecular weight is 544 g/mol. The zero-order valence-electron chi connectivity index (χ0n) is 20.3. The van der Waals surface area contributed by atoms with Gasteiger partial charge < -0.3 is 10.2 Å². The first-order valence-electron chi connectivity index (χ1n) is 12.3. The molecule has 2 fully saturated rings. The third-order valence-electron chi connectivity index (χ3n) is 6.97. The molecule has 2 aliphatic heterocycles. The Kier molecular flexibility index (Phi) is 5.97. The normalized spacial score (nSPS) is 19.2. The monoisotopic (exact) mass is 543 g/mol. The van der Waals surface area contributed by atoms with Crippen molar-refractivity contribution in [2.45, 2.75) is 50.4 Å². The van der Waals surface area contributed by atoms with Crippen molar-refractivity contribution in [3.63, 3.8) is 0 Å². The van der Waals surface area contributed by atoms with Crippen LogP contribution in [0.3, 0.4) is 0 Å². The highest BCUT2D eigenvalue weighted by molar-refractivity contribution is 7.15. The molecule has 198 valence electrons. The van der Waals surface area contributed by atoms with E-state index in [1.165, 1.54) is 23.8 Å². The number of hydrogen-bond acceptors (Lipinski definition) is 7. The second-order valence-electron chi connectivity index (χ2n) is 9.73. The van der Waals surface area contributed by atoms with Crippen molar-refractivity contribution in [2.24, 2.45) is 0 Å². The van der Waals surface area contributed by atoms with Gasteiger partial charge in [0, 0.05) is 31.4 Å². The number of alkyl halides is 3. The highest BCUT2D eigenvalue weighted by Crippen LogP contribution is 2.44. The fourth-order valence-electron chi connectivity index (χ4n) is 4.71. The first-order valence-corrected chi connectivity index (χ1v) is 13.1. The van der Waals surface area contributed by atoms with Crippen LogP contribution in [-0.4, -0.2) is 58.2 Å². The fourth-order valence-corrected chi connectivity index (χ4v) is 5.80. The minimum atomic E-state index is -4.58. The van der Waals surface area contributed by atoms with Gasteiger partial charge >= 0.3 is 12.2 Å². The van der Waals surface area contributed by atoms with Gasteiger partial charge in [0.2, 0.25) is 0 Å². The molecule has 0 radical (unpaired) electrons. The molecule has 2 N–H and O–H groups in total. The summed E-state index contributed by atoms with van der Waals surface area (Å²) in [6, 6.07) is 3.93. The zero-order chi connectivity index (χ0) is 26.6. The minimum Gasteiger partial charge on any atom is -0.366 e. The number of halogens is 3. The molecule has 1 saturated carbocycles. The molecule has 2 bridgehead atoms. The van der Waals surface area contributed by atoms with Crippen LogP contribution in [0.2, 0.25) is 0 Å². The van der Waals surface area contributed by atoms with Crippen LogP contribution < -0.4 is 20.4 Å². The van der Waals surface area contributed by atoms with Crippen molar-refractivity contribution < 1.29 is 22.8 Å². The summed E-state index contributed by atoms with van der Waals surface area (Å²) in [5.74, 6) is 0.173. The maximum absolute atomic E-state index is 13.5. The molecule has 1 aliphatic carbocycles. The number of anilines is 3. The largest absolute Gasteiger partial charge is 0.408 e. The van der Waals surface area contributed by atoms with Crippen LogP contribution in [0.1, 0.15) is 47.6 Å². The Labute approximate surface area is 220 Å². The summed E-state index contributed by atoms with van der Waals surface area (Å²) in [7, 11) is 0. The van der Waals surface area contributed by atoms with Gasteiger partial charge in [0.05, 0.1) is 21.6 Å². The topological polar surface area (TPSA) is 103 Å². The Hall–Kier alpha value is -3.74. The number of pyridine rings is 2. The smallest absolute Gasteiger partial charge is 0.366 e. The number of carbonyl (C=O) groups excluding carboxylic acids is 2. The number of urea groups is 1. The maximum Gasteiger partial charge on any atom is 0.408 e. The summed E-state index contributed by atoms with van der Waals surface area (Å²) in [4.78, 5) is 43.7. The van der Waals surface area contributed by atoms with E-state index in [1.54, 1.807) is 29.7 Å². The molecule has 0 spiro atoms. The Morgan fingerprint density at radius 3 is 2.74 bits per heavy atom. The van der Waals surface area contributed by atoms with Crippen LogP contribution in [0.5, 0.6) is 0 Å². The average Bonchev–Trinajstić information content (AvgIpc) is 3.46. The van der Waals surface area contributed by atoms with Crippen LogP contribution in [0.4, 0.5) is 35.3 Å². The second-order valence-corrected chi connectivity index (χ2v) is 10.8. The standard InChI is InChI=1S/C25H24F3N7O2S/c1-13(25(26,27)28)31-22(36)17-4-5-18-21(32-17)35(16-7-9-34(18)12-16)24(37)33-20-10-15(6-8-29-20)19-11-30-23(38-19)14-2-3-14/h4-6,8,10-11,13-14,16H,2-3,7,9,12H2,1H3,(H,31,36)(H,29,33,37)/t13-,16+/m1/s1. The van der Waals surface area contributed by atoms with Crippen LogP contribution in [0.25, 0.3) is 10.4 Å². The number of nitrogens with zero attached hydrogens (tertiary/aromatic N) is 5. The molecule has 6 rings (SSSR count). The van der Waals surface area contributed by atoms with Crippen molar-refractivity contribution in [3.8, 4) is 10.4 Å². The Morgan fingerprint density at radius 1 is 1.16 bits per heavy atom. The summed E-state index contributed by atoms with van der Waals surface area (Å²) in [5.41, 5.74) is 1.34. The van der Waals surface area contributed by atoms with E-state index in [0.717, 1.165) is 22.4 Å². The summed E-state index contributed by atoms with van der Waals surface area (Å²) >= 11 is 1.64. The number of rotatable bonds is 5. The predicted molar refractivity (Wildman–Crippen MR) is 137 cm³/mol. The van der Waals surface area contributed by atoms with Crippen molar-refractivity contribution in [2.75, 3.05) is 28.2 Å². The number of fused-ring (bicyclic) bond motifs is 4. The molecule has 3 aliphatic rings. The van der Waals surface area contributed by atoms with E-state index < -0.39 is 24.2 Å². The first-order chi connectivity index (χ1) is 18.2. The number of amides is 3. The second kappa shape index (κ2) is 9.22. The number of aromatic nitrogens is 3. The molecule has 5 heterocycles. The molecule has 1 saturated heterocycles. The van der Waals surface area contributed by atoms with Gasteiger partial charge in [-0.15, -0.1) is 11.3 Å². The van der Waals surface area contributed by atoms with Gasteiger partial charge in [0.1, 0.15) is 17.6 Å². The molecule has 0 unspecified atom stereocenters. The lowest BCUT2D eigenvalue weighted by molar-refractivity contribution is -0.149. The van der Waals surface area contributed by atoms with E-state index >= 15 is 0 Å². The van der Waals surface area contributed by atoms with Crippen molar-refractivity contribution in [1.82, 2.24) is 20.3 Å². The number of carbonyl (C=O) groups is 2. The molecule has 3 aromatic heterocycles. The summed E-state index contributed by atoms with van der Waals surface area (Å²) in [6.07, 6.45) is 1.89. The molecule has 38 heavy (non-hydrogen) atoms. The van der Waals surface area contributed by atoms with Crippen LogP contribution in [-0.2, 0) is 0 Å². The summed E-state index contributed by atoms with van der Waals surface area (Å²) in [6.45, 7) is 2.15. The lowest BCUT2D eigenvalue weighted by Crippen LogP contribution is -2.49. The van der Waals surface area contributed by atoms with Gasteiger partial charge in [-0.2, -0.15) is 13.2 Å². The quantitative estimate of drug-likeness (QED) is 0.480. The molecule has 13 heteroatoms. The van der Waals surface area contributed by atoms with E-state index in [9.17, 15) is 22.8 Å². The molecular weight excluding hydrogens is 519 g/mol. The summed E-state index contributed by atoms with van der Waals surface area (Å²) in [5, 5.41) is 5.89. The third kappa shape index (κ3) is 4.66. The SMILES string of the molecule is C[C@@H](NC(=O)c1ccc2c(n1)N(C(=O)Nc1cc(-c3cnc(C4CC4)s3)ccn1)[C@H]1CCN2C1)C(F)(F)F. The van der Waals surface area contributed by atoms with Crippen LogP contribution in [0.15, 0.2) is 36.7 Å². The van der Waals surface area contributed by atoms with Gasteiger partial charge in [-0.3, -0.25) is 15.0 Å². The van der Waals surface area contributed by atoms with Gasteiger partial charge in [0.25, 0.3) is 5.91 Å². The first kappa shape index (κ1) is 24.6. The molecule has 9 nitrogen and oxygen atoms in total. The molecule has 2 atom stereocenters. The molecule has 3 amide bonds.